The maximum Gasteiger partial charge on any atom is 0.0524 e. The molecule has 2 nitrogen and oxygen atoms in total. The van der Waals surface area contributed by atoms with Crippen molar-refractivity contribution < 1.29 is 5.11 Å². The molecule has 1 rings (SSSR count). The van der Waals surface area contributed by atoms with E-state index in [1.54, 1.807) is 0 Å². The minimum Gasteiger partial charge on any atom is -0.393 e. The van der Waals surface area contributed by atoms with Gasteiger partial charge in [-0.05, 0) is 52.1 Å². The molecule has 0 aliphatic carbocycles. The summed E-state index contributed by atoms with van der Waals surface area (Å²) in [5, 5.41) is 12.6. The molecule has 2 atom stereocenters. The zero-order valence-corrected chi connectivity index (χ0v) is 11.2. The minimum atomic E-state index is -0.202. The third-order valence-electron chi connectivity index (χ3n) is 3.04. The van der Waals surface area contributed by atoms with Gasteiger partial charge in [0, 0.05) is 6.04 Å². The van der Waals surface area contributed by atoms with Crippen molar-refractivity contribution in [3.63, 3.8) is 0 Å². The summed E-state index contributed by atoms with van der Waals surface area (Å²) in [5.41, 5.74) is 2.72. The van der Waals surface area contributed by atoms with E-state index in [1.807, 2.05) is 6.92 Å². The lowest BCUT2D eigenvalue weighted by Gasteiger charge is -2.14. The van der Waals surface area contributed by atoms with Crippen LogP contribution in [-0.2, 0) is 6.42 Å². The number of aryl methyl sites for hydroxylation is 2. The molecule has 0 aliphatic rings. The molecule has 2 N–H and O–H groups in total. The molecule has 0 heterocycles. The van der Waals surface area contributed by atoms with Crippen LogP contribution in [0.25, 0.3) is 0 Å². The van der Waals surface area contributed by atoms with Crippen LogP contribution in [0.3, 0.4) is 0 Å². The third-order valence-corrected chi connectivity index (χ3v) is 3.04. The number of benzene rings is 1. The summed E-state index contributed by atoms with van der Waals surface area (Å²) in [5.74, 6) is 0. The Kier molecular flexibility index (Phi) is 6.23. The van der Waals surface area contributed by atoms with E-state index < -0.39 is 0 Å². The molecule has 0 spiro atoms. The van der Waals surface area contributed by atoms with Crippen LogP contribution < -0.4 is 5.32 Å². The number of hydrogen-bond donors (Lipinski definition) is 2. The second-order valence-corrected chi connectivity index (χ2v) is 5.02. The van der Waals surface area contributed by atoms with Crippen molar-refractivity contribution in [3.8, 4) is 0 Å². The van der Waals surface area contributed by atoms with Gasteiger partial charge in [0.2, 0.25) is 0 Å². The Morgan fingerprint density at radius 1 is 1.12 bits per heavy atom. The molecule has 17 heavy (non-hydrogen) atoms. The quantitative estimate of drug-likeness (QED) is 0.761. The summed E-state index contributed by atoms with van der Waals surface area (Å²) >= 11 is 0. The molecule has 0 saturated heterocycles. The summed E-state index contributed by atoms with van der Waals surface area (Å²) in [6.45, 7) is 7.05. The van der Waals surface area contributed by atoms with Crippen molar-refractivity contribution in [1.82, 2.24) is 5.32 Å². The lowest BCUT2D eigenvalue weighted by molar-refractivity contribution is 0.182. The zero-order chi connectivity index (χ0) is 12.7. The number of aliphatic hydroxyl groups excluding tert-OH is 1. The lowest BCUT2D eigenvalue weighted by Crippen LogP contribution is -2.29. The molecule has 1 aromatic rings. The van der Waals surface area contributed by atoms with Crippen LogP contribution in [0.1, 0.15) is 37.8 Å². The molecule has 2 heteroatoms. The van der Waals surface area contributed by atoms with Gasteiger partial charge in [0.05, 0.1) is 6.10 Å². The van der Waals surface area contributed by atoms with Crippen LogP contribution in [0.5, 0.6) is 0 Å². The topological polar surface area (TPSA) is 32.3 Å². The van der Waals surface area contributed by atoms with Crippen LogP contribution in [0.2, 0.25) is 0 Å². The smallest absolute Gasteiger partial charge is 0.0524 e. The second kappa shape index (κ2) is 7.46. The van der Waals surface area contributed by atoms with Gasteiger partial charge in [-0.2, -0.15) is 0 Å². The fourth-order valence-electron chi connectivity index (χ4n) is 1.78. The first-order valence-electron chi connectivity index (χ1n) is 6.55. The van der Waals surface area contributed by atoms with Gasteiger partial charge in [0.25, 0.3) is 0 Å². The highest BCUT2D eigenvalue weighted by molar-refractivity contribution is 5.21. The molecule has 0 radical (unpaired) electrons. The van der Waals surface area contributed by atoms with Gasteiger partial charge in [-0.3, -0.25) is 0 Å². The first kappa shape index (κ1) is 14.2. The molecular weight excluding hydrogens is 210 g/mol. The van der Waals surface area contributed by atoms with Crippen LogP contribution in [-0.4, -0.2) is 23.8 Å². The zero-order valence-electron chi connectivity index (χ0n) is 11.2. The van der Waals surface area contributed by atoms with E-state index in [4.69, 9.17) is 5.11 Å². The summed E-state index contributed by atoms with van der Waals surface area (Å²) in [6, 6.07) is 9.26. The largest absolute Gasteiger partial charge is 0.393 e. The van der Waals surface area contributed by atoms with Crippen molar-refractivity contribution in [1.29, 1.82) is 0 Å². The van der Waals surface area contributed by atoms with E-state index in [2.05, 4.69) is 43.4 Å². The predicted molar refractivity (Wildman–Crippen MR) is 73.3 cm³/mol. The molecule has 1 aromatic carbocycles. The number of rotatable bonds is 7. The highest BCUT2D eigenvalue weighted by Gasteiger charge is 2.03. The third kappa shape index (κ3) is 6.44. The first-order valence-corrected chi connectivity index (χ1v) is 6.55. The van der Waals surface area contributed by atoms with Crippen molar-refractivity contribution in [2.24, 2.45) is 0 Å². The highest BCUT2D eigenvalue weighted by atomic mass is 16.3. The van der Waals surface area contributed by atoms with Crippen molar-refractivity contribution >= 4 is 0 Å². The van der Waals surface area contributed by atoms with Gasteiger partial charge >= 0.3 is 0 Å². The molecule has 0 aliphatic heterocycles. The minimum absolute atomic E-state index is 0.202. The SMILES string of the molecule is Cc1ccc(CCC(C)NCCC(C)O)cc1. The summed E-state index contributed by atoms with van der Waals surface area (Å²) < 4.78 is 0. The molecule has 0 saturated carbocycles. The molecular formula is C15H25NO. The Balaban J connectivity index is 2.19. The molecule has 0 bridgehead atoms. The van der Waals surface area contributed by atoms with Gasteiger partial charge in [0.1, 0.15) is 0 Å². The summed E-state index contributed by atoms with van der Waals surface area (Å²) in [6.07, 6.45) is 2.88. The molecule has 0 aromatic heterocycles. The first-order chi connectivity index (χ1) is 8.08. The number of aliphatic hydroxyl groups is 1. The van der Waals surface area contributed by atoms with E-state index in [9.17, 15) is 0 Å². The van der Waals surface area contributed by atoms with Crippen LogP contribution in [0, 0.1) is 6.92 Å². The van der Waals surface area contributed by atoms with Crippen molar-refractivity contribution in [3.05, 3.63) is 35.4 Å². The normalized spacial score (nSPS) is 14.6. The van der Waals surface area contributed by atoms with Gasteiger partial charge < -0.3 is 10.4 Å². The van der Waals surface area contributed by atoms with E-state index in [0.717, 1.165) is 25.8 Å². The Morgan fingerprint density at radius 3 is 2.35 bits per heavy atom. The Bertz CT molecular complexity index is 305. The maximum atomic E-state index is 9.16. The van der Waals surface area contributed by atoms with Gasteiger partial charge in [-0.25, -0.2) is 0 Å². The predicted octanol–water partition coefficient (Wildman–Crippen LogP) is 2.68. The fraction of sp³-hybridized carbons (Fsp3) is 0.600. The maximum absolute atomic E-state index is 9.16. The van der Waals surface area contributed by atoms with Crippen LogP contribution >= 0.6 is 0 Å². The monoisotopic (exact) mass is 235 g/mol. The molecule has 96 valence electrons. The molecule has 0 amide bonds. The number of nitrogens with one attached hydrogen (secondary N) is 1. The molecule has 0 fully saturated rings. The van der Waals surface area contributed by atoms with Crippen LogP contribution in [0.4, 0.5) is 0 Å². The van der Waals surface area contributed by atoms with E-state index in [-0.39, 0.29) is 6.10 Å². The average Bonchev–Trinajstić information content (AvgIpc) is 2.28. The second-order valence-electron chi connectivity index (χ2n) is 5.02. The highest BCUT2D eigenvalue weighted by Crippen LogP contribution is 2.07. The van der Waals surface area contributed by atoms with Gasteiger partial charge in [-0.15, -0.1) is 0 Å². The fourth-order valence-corrected chi connectivity index (χ4v) is 1.78. The van der Waals surface area contributed by atoms with Gasteiger partial charge in [-0.1, -0.05) is 29.8 Å². The summed E-state index contributed by atoms with van der Waals surface area (Å²) in [7, 11) is 0. The van der Waals surface area contributed by atoms with Crippen molar-refractivity contribution in [2.45, 2.75) is 52.2 Å². The average molecular weight is 235 g/mol. The van der Waals surface area contributed by atoms with E-state index in [1.165, 1.54) is 11.1 Å². The summed E-state index contributed by atoms with van der Waals surface area (Å²) in [4.78, 5) is 0. The van der Waals surface area contributed by atoms with Gasteiger partial charge in [0.15, 0.2) is 0 Å². The van der Waals surface area contributed by atoms with Crippen LogP contribution in [0.15, 0.2) is 24.3 Å². The Hall–Kier alpha value is -0.860. The molecule has 2 unspecified atom stereocenters. The van der Waals surface area contributed by atoms with E-state index in [0.29, 0.717) is 6.04 Å². The van der Waals surface area contributed by atoms with E-state index >= 15 is 0 Å². The Labute approximate surface area is 105 Å². The lowest BCUT2D eigenvalue weighted by atomic mass is 10.0. The van der Waals surface area contributed by atoms with Crippen molar-refractivity contribution in [2.75, 3.05) is 6.54 Å². The standard InChI is InChI=1S/C15H25NO/c1-12-4-7-15(8-5-12)9-6-13(2)16-11-10-14(3)17/h4-5,7-8,13-14,16-17H,6,9-11H2,1-3H3. The Morgan fingerprint density at radius 2 is 1.76 bits per heavy atom. The number of hydrogen-bond acceptors (Lipinski definition) is 2.